The lowest BCUT2D eigenvalue weighted by Crippen LogP contribution is -2.32. The Labute approximate surface area is 223 Å². The Balaban J connectivity index is 1.25. The fourth-order valence-electron chi connectivity index (χ4n) is 5.99. The Morgan fingerprint density at radius 2 is 1.31 bits per heavy atom. The standard InChI is InChI=1S/C29H33F7O3/c1-37-15-14-18-2-10-23(11-3-18)28(32,33)38-24-12-8-20(9-13-24)19-4-6-21(7-5-19)22-16-25(30)27(26(31)17-22)39-29(34,35)36/h2-3,10-11,16-17,19-21,24H,4-9,12-15H2,1H3. The van der Waals surface area contributed by atoms with Crippen LogP contribution in [0.2, 0.25) is 0 Å². The third-order valence-electron chi connectivity index (χ3n) is 8.07. The molecule has 2 fully saturated rings. The van der Waals surface area contributed by atoms with Crippen LogP contribution in [-0.2, 0) is 22.0 Å². The van der Waals surface area contributed by atoms with E-state index in [9.17, 15) is 30.7 Å². The first-order chi connectivity index (χ1) is 18.4. The first-order valence-corrected chi connectivity index (χ1v) is 13.3. The van der Waals surface area contributed by atoms with Crippen LogP contribution in [-0.4, -0.2) is 26.2 Å². The summed E-state index contributed by atoms with van der Waals surface area (Å²) in [6.45, 7) is 0.516. The van der Waals surface area contributed by atoms with Crippen LogP contribution in [0.5, 0.6) is 5.75 Å². The molecule has 0 aliphatic heterocycles. The van der Waals surface area contributed by atoms with Crippen molar-refractivity contribution < 1.29 is 44.9 Å². The van der Waals surface area contributed by atoms with Crippen molar-refractivity contribution >= 4 is 0 Å². The van der Waals surface area contributed by atoms with Crippen LogP contribution in [0.4, 0.5) is 30.7 Å². The molecule has 0 N–H and O–H groups in total. The van der Waals surface area contributed by atoms with Crippen molar-refractivity contribution in [3.63, 3.8) is 0 Å². The van der Waals surface area contributed by atoms with Gasteiger partial charge in [-0.25, -0.2) is 8.78 Å². The van der Waals surface area contributed by atoms with E-state index in [0.717, 1.165) is 43.4 Å². The zero-order valence-corrected chi connectivity index (χ0v) is 21.7. The number of halogens is 7. The van der Waals surface area contributed by atoms with E-state index in [0.29, 0.717) is 56.1 Å². The van der Waals surface area contributed by atoms with Gasteiger partial charge in [-0.2, -0.15) is 8.78 Å². The van der Waals surface area contributed by atoms with Crippen LogP contribution in [0.3, 0.4) is 0 Å². The van der Waals surface area contributed by atoms with E-state index in [1.54, 1.807) is 19.2 Å². The van der Waals surface area contributed by atoms with E-state index in [-0.39, 0.29) is 11.5 Å². The zero-order chi connectivity index (χ0) is 28.2. The zero-order valence-electron chi connectivity index (χ0n) is 21.7. The van der Waals surface area contributed by atoms with Gasteiger partial charge in [0, 0.05) is 7.11 Å². The third-order valence-corrected chi connectivity index (χ3v) is 8.07. The van der Waals surface area contributed by atoms with Gasteiger partial charge in [-0.3, -0.25) is 0 Å². The fraction of sp³-hybridized carbons (Fsp3) is 0.586. The molecule has 2 saturated carbocycles. The molecular formula is C29H33F7O3. The fourth-order valence-corrected chi connectivity index (χ4v) is 5.99. The van der Waals surface area contributed by atoms with Crippen LogP contribution in [0.1, 0.15) is 74.0 Å². The molecule has 0 radical (unpaired) electrons. The quantitative estimate of drug-likeness (QED) is 0.286. The molecule has 4 rings (SSSR count). The van der Waals surface area contributed by atoms with Crippen LogP contribution >= 0.6 is 0 Å². The molecule has 0 saturated heterocycles. The molecule has 39 heavy (non-hydrogen) atoms. The number of hydrogen-bond acceptors (Lipinski definition) is 3. The summed E-state index contributed by atoms with van der Waals surface area (Å²) in [6, 6.07) is 7.95. The molecule has 10 heteroatoms. The average molecular weight is 563 g/mol. The van der Waals surface area contributed by atoms with Gasteiger partial charge >= 0.3 is 12.5 Å². The number of rotatable bonds is 9. The molecule has 216 valence electrons. The first-order valence-electron chi connectivity index (χ1n) is 13.3. The minimum Gasteiger partial charge on any atom is -0.399 e. The summed E-state index contributed by atoms with van der Waals surface area (Å²) in [5.74, 6) is -3.63. The maximum atomic E-state index is 14.8. The lowest BCUT2D eigenvalue weighted by atomic mass is 9.69. The molecule has 2 aliphatic carbocycles. The van der Waals surface area contributed by atoms with E-state index < -0.39 is 36.0 Å². The van der Waals surface area contributed by atoms with E-state index in [2.05, 4.69) is 4.74 Å². The molecule has 0 heterocycles. The lowest BCUT2D eigenvalue weighted by molar-refractivity contribution is -0.278. The van der Waals surface area contributed by atoms with Crippen LogP contribution in [0, 0.1) is 23.5 Å². The smallest absolute Gasteiger partial charge is 0.399 e. The van der Waals surface area contributed by atoms with Crippen molar-refractivity contribution in [2.45, 2.75) is 82.3 Å². The molecule has 2 aliphatic rings. The Hall–Kier alpha value is -2.33. The minimum absolute atomic E-state index is 0.163. The highest BCUT2D eigenvalue weighted by Gasteiger charge is 2.39. The summed E-state index contributed by atoms with van der Waals surface area (Å²) in [5.41, 5.74) is 1.06. The van der Waals surface area contributed by atoms with Gasteiger partial charge in [0.1, 0.15) is 0 Å². The van der Waals surface area contributed by atoms with Gasteiger partial charge in [0.15, 0.2) is 11.6 Å². The molecule has 0 amide bonds. The maximum Gasteiger partial charge on any atom is 0.573 e. The Morgan fingerprint density at radius 1 is 0.769 bits per heavy atom. The molecule has 0 spiro atoms. The Bertz CT molecular complexity index is 1050. The normalized spacial score (nSPS) is 24.5. The molecule has 0 aromatic heterocycles. The highest BCUT2D eigenvalue weighted by molar-refractivity contribution is 5.33. The van der Waals surface area contributed by atoms with Crippen molar-refractivity contribution in [2.75, 3.05) is 13.7 Å². The van der Waals surface area contributed by atoms with Gasteiger partial charge in [0.25, 0.3) is 0 Å². The van der Waals surface area contributed by atoms with Crippen LogP contribution in [0.25, 0.3) is 0 Å². The van der Waals surface area contributed by atoms with Crippen molar-refractivity contribution in [3.05, 3.63) is 64.7 Å². The van der Waals surface area contributed by atoms with Gasteiger partial charge in [0.2, 0.25) is 5.75 Å². The van der Waals surface area contributed by atoms with Crippen molar-refractivity contribution in [1.82, 2.24) is 0 Å². The molecular weight excluding hydrogens is 529 g/mol. The second kappa shape index (κ2) is 12.5. The summed E-state index contributed by atoms with van der Waals surface area (Å²) in [5, 5.41) is 0. The summed E-state index contributed by atoms with van der Waals surface area (Å²) in [7, 11) is 1.59. The Morgan fingerprint density at radius 3 is 1.82 bits per heavy atom. The second-order valence-corrected chi connectivity index (χ2v) is 10.6. The predicted molar refractivity (Wildman–Crippen MR) is 130 cm³/mol. The van der Waals surface area contributed by atoms with Crippen molar-refractivity contribution in [2.24, 2.45) is 11.8 Å². The third kappa shape index (κ3) is 7.87. The molecule has 2 aromatic rings. The molecule has 0 atom stereocenters. The summed E-state index contributed by atoms with van der Waals surface area (Å²) >= 11 is 0. The van der Waals surface area contributed by atoms with E-state index in [1.807, 2.05) is 0 Å². The number of ether oxygens (including phenoxy) is 3. The molecule has 3 nitrogen and oxygen atoms in total. The predicted octanol–water partition coefficient (Wildman–Crippen LogP) is 8.65. The highest BCUT2D eigenvalue weighted by atomic mass is 19.4. The second-order valence-electron chi connectivity index (χ2n) is 10.6. The Kier molecular flexibility index (Phi) is 9.47. The van der Waals surface area contributed by atoms with Crippen LogP contribution in [0.15, 0.2) is 36.4 Å². The lowest BCUT2D eigenvalue weighted by Gasteiger charge is -2.38. The maximum absolute atomic E-state index is 14.8. The highest BCUT2D eigenvalue weighted by Crippen LogP contribution is 2.45. The monoisotopic (exact) mass is 562 g/mol. The summed E-state index contributed by atoms with van der Waals surface area (Å²) < 4.78 is 109. The first kappa shape index (κ1) is 29.6. The largest absolute Gasteiger partial charge is 0.573 e. The van der Waals surface area contributed by atoms with E-state index in [1.165, 1.54) is 12.1 Å². The van der Waals surface area contributed by atoms with Crippen molar-refractivity contribution in [1.29, 1.82) is 0 Å². The molecule has 2 aromatic carbocycles. The van der Waals surface area contributed by atoms with Crippen molar-refractivity contribution in [3.8, 4) is 5.75 Å². The summed E-state index contributed by atoms with van der Waals surface area (Å²) in [6.07, 6.45) is -2.96. The number of methoxy groups -OCH3 is 1. The topological polar surface area (TPSA) is 27.7 Å². The SMILES string of the molecule is COCCc1ccc(C(F)(F)OC2CCC(C3CCC(c4cc(F)c(OC(F)(F)F)c(F)c4)CC3)CC2)cc1. The average Bonchev–Trinajstić information content (AvgIpc) is 2.89. The van der Waals surface area contributed by atoms with Gasteiger partial charge in [0.05, 0.1) is 18.3 Å². The van der Waals surface area contributed by atoms with Gasteiger partial charge in [-0.05, 0) is 98.8 Å². The number of alkyl halides is 5. The van der Waals surface area contributed by atoms with Crippen LogP contribution < -0.4 is 4.74 Å². The van der Waals surface area contributed by atoms with Gasteiger partial charge in [-0.15, -0.1) is 13.2 Å². The van der Waals surface area contributed by atoms with E-state index in [4.69, 9.17) is 9.47 Å². The summed E-state index contributed by atoms with van der Waals surface area (Å²) in [4.78, 5) is 0. The van der Waals surface area contributed by atoms with Gasteiger partial charge in [-0.1, -0.05) is 24.3 Å². The number of hydrogen-bond donors (Lipinski definition) is 0. The van der Waals surface area contributed by atoms with Gasteiger partial charge < -0.3 is 14.2 Å². The molecule has 0 unspecified atom stereocenters. The molecule has 0 bridgehead atoms. The minimum atomic E-state index is -5.18. The van der Waals surface area contributed by atoms with E-state index >= 15 is 0 Å². The number of benzene rings is 2.